The topological polar surface area (TPSA) is 43.8 Å². The molecule has 3 aliphatic rings. The zero-order chi connectivity index (χ0) is 15.8. The molecule has 2 unspecified atom stereocenters. The van der Waals surface area contributed by atoms with Gasteiger partial charge in [-0.2, -0.15) is 0 Å². The van der Waals surface area contributed by atoms with Gasteiger partial charge >= 0.3 is 0 Å². The van der Waals surface area contributed by atoms with E-state index < -0.39 is 5.60 Å². The number of likely N-dealkylation sites (tertiary alicyclic amines) is 2. The van der Waals surface area contributed by atoms with Crippen molar-refractivity contribution in [2.45, 2.75) is 63.9 Å². The molecule has 0 radical (unpaired) electrons. The van der Waals surface area contributed by atoms with E-state index in [9.17, 15) is 9.90 Å². The largest absolute Gasteiger partial charge is 0.387 e. The van der Waals surface area contributed by atoms with Crippen molar-refractivity contribution in [1.29, 1.82) is 0 Å². The average molecular weight is 308 g/mol. The molecule has 2 saturated heterocycles. The Kier molecular flexibility index (Phi) is 4.52. The number of amides is 1. The third kappa shape index (κ3) is 2.80. The molecule has 3 rings (SSSR count). The molecule has 0 bridgehead atoms. The van der Waals surface area contributed by atoms with Crippen molar-refractivity contribution in [2.24, 2.45) is 11.3 Å². The van der Waals surface area contributed by atoms with Gasteiger partial charge in [0.1, 0.15) is 0 Å². The summed E-state index contributed by atoms with van der Waals surface area (Å²) in [7, 11) is 2.16. The first-order valence-corrected chi connectivity index (χ1v) is 9.17. The zero-order valence-electron chi connectivity index (χ0n) is 14.3. The summed E-state index contributed by atoms with van der Waals surface area (Å²) >= 11 is 0. The number of aliphatic hydroxyl groups is 1. The summed E-state index contributed by atoms with van der Waals surface area (Å²) in [6.07, 6.45) is 8.37. The molecule has 2 aliphatic heterocycles. The second-order valence-corrected chi connectivity index (χ2v) is 8.09. The molecule has 0 aromatic rings. The van der Waals surface area contributed by atoms with Gasteiger partial charge in [0.2, 0.25) is 5.91 Å². The quantitative estimate of drug-likeness (QED) is 0.870. The van der Waals surface area contributed by atoms with E-state index in [4.69, 9.17) is 0 Å². The summed E-state index contributed by atoms with van der Waals surface area (Å²) in [4.78, 5) is 16.8. The van der Waals surface area contributed by atoms with Crippen molar-refractivity contribution in [3.63, 3.8) is 0 Å². The van der Waals surface area contributed by atoms with Gasteiger partial charge in [-0.25, -0.2) is 0 Å². The van der Waals surface area contributed by atoms with E-state index in [-0.39, 0.29) is 11.3 Å². The van der Waals surface area contributed by atoms with E-state index in [0.29, 0.717) is 18.9 Å². The first-order valence-electron chi connectivity index (χ1n) is 9.17. The van der Waals surface area contributed by atoms with Crippen molar-refractivity contribution >= 4 is 5.91 Å². The Labute approximate surface area is 134 Å². The normalized spacial score (nSPS) is 36.2. The molecule has 22 heavy (non-hydrogen) atoms. The predicted octanol–water partition coefficient (Wildman–Crippen LogP) is 2.26. The zero-order valence-corrected chi connectivity index (χ0v) is 14.3. The highest BCUT2D eigenvalue weighted by Crippen LogP contribution is 2.51. The van der Waals surface area contributed by atoms with Crippen molar-refractivity contribution < 1.29 is 9.90 Å². The molecule has 3 fully saturated rings. The maximum atomic E-state index is 12.5. The van der Waals surface area contributed by atoms with Gasteiger partial charge in [0.15, 0.2) is 0 Å². The van der Waals surface area contributed by atoms with Crippen LogP contribution >= 0.6 is 0 Å². The highest BCUT2D eigenvalue weighted by Gasteiger charge is 2.55. The highest BCUT2D eigenvalue weighted by molar-refractivity contribution is 5.77. The Balaban J connectivity index is 1.73. The Morgan fingerprint density at radius 1 is 1.23 bits per heavy atom. The number of carbonyl (C=O) groups excluding carboxylic acids is 1. The van der Waals surface area contributed by atoms with Crippen LogP contribution < -0.4 is 0 Å². The molecule has 1 N–H and O–H groups in total. The van der Waals surface area contributed by atoms with Crippen LogP contribution in [0.25, 0.3) is 0 Å². The lowest BCUT2D eigenvalue weighted by Gasteiger charge is -2.53. The lowest BCUT2D eigenvalue weighted by atomic mass is 9.65. The first-order chi connectivity index (χ1) is 10.5. The van der Waals surface area contributed by atoms with Crippen molar-refractivity contribution in [2.75, 3.05) is 33.2 Å². The maximum Gasteiger partial charge on any atom is 0.222 e. The fourth-order valence-electron chi connectivity index (χ4n) is 5.08. The van der Waals surface area contributed by atoms with Gasteiger partial charge in [-0.05, 0) is 38.6 Å². The number of hydrogen-bond acceptors (Lipinski definition) is 3. The van der Waals surface area contributed by atoms with E-state index in [1.165, 1.54) is 12.8 Å². The van der Waals surface area contributed by atoms with Crippen LogP contribution in [0.4, 0.5) is 0 Å². The maximum absolute atomic E-state index is 12.5. The fraction of sp³-hybridized carbons (Fsp3) is 0.944. The summed E-state index contributed by atoms with van der Waals surface area (Å²) in [6, 6.07) is 0. The van der Waals surface area contributed by atoms with E-state index >= 15 is 0 Å². The number of nitrogens with zero attached hydrogens (tertiary/aromatic N) is 2. The van der Waals surface area contributed by atoms with Crippen LogP contribution in [0.2, 0.25) is 0 Å². The van der Waals surface area contributed by atoms with Gasteiger partial charge in [0.25, 0.3) is 0 Å². The van der Waals surface area contributed by atoms with Gasteiger partial charge < -0.3 is 14.9 Å². The Hall–Kier alpha value is -0.610. The van der Waals surface area contributed by atoms with Crippen LogP contribution in [-0.2, 0) is 4.79 Å². The summed E-state index contributed by atoms with van der Waals surface area (Å²) in [5.41, 5.74) is -0.660. The number of rotatable bonds is 3. The van der Waals surface area contributed by atoms with Crippen molar-refractivity contribution in [1.82, 2.24) is 9.80 Å². The molecule has 126 valence electrons. The highest BCUT2D eigenvalue weighted by atomic mass is 16.3. The van der Waals surface area contributed by atoms with Gasteiger partial charge in [-0.1, -0.05) is 26.2 Å². The Morgan fingerprint density at radius 2 is 1.95 bits per heavy atom. The van der Waals surface area contributed by atoms with Crippen LogP contribution in [-0.4, -0.2) is 59.6 Å². The third-order valence-electron chi connectivity index (χ3n) is 6.68. The van der Waals surface area contributed by atoms with Crippen molar-refractivity contribution in [3.05, 3.63) is 0 Å². The number of carbonyl (C=O) groups is 1. The molecule has 2 atom stereocenters. The molecule has 1 saturated carbocycles. The SMILES string of the molecule is CCC1CCN(CC2(O)CCN(C)CC23CCCC3)C(=O)C1. The number of β-amino-alcohol motifs (C(OH)–C–C–N with tert-alkyl or cyclic N) is 1. The first kappa shape index (κ1) is 16.3. The van der Waals surface area contributed by atoms with Crippen LogP contribution in [0.1, 0.15) is 58.3 Å². The van der Waals surface area contributed by atoms with Crippen LogP contribution in [0.3, 0.4) is 0 Å². The minimum atomic E-state index is -0.676. The molecule has 1 spiro atoms. The van der Waals surface area contributed by atoms with Crippen LogP contribution in [0.5, 0.6) is 0 Å². The third-order valence-corrected chi connectivity index (χ3v) is 6.68. The van der Waals surface area contributed by atoms with E-state index in [1.54, 1.807) is 0 Å². The molecular weight excluding hydrogens is 276 g/mol. The van der Waals surface area contributed by atoms with Gasteiger partial charge in [-0.3, -0.25) is 4.79 Å². The molecule has 1 amide bonds. The molecule has 1 aliphatic carbocycles. The van der Waals surface area contributed by atoms with Crippen molar-refractivity contribution in [3.8, 4) is 0 Å². The second kappa shape index (κ2) is 6.12. The predicted molar refractivity (Wildman–Crippen MR) is 87.6 cm³/mol. The minimum absolute atomic E-state index is 0.0158. The fourth-order valence-corrected chi connectivity index (χ4v) is 5.08. The minimum Gasteiger partial charge on any atom is -0.387 e. The monoisotopic (exact) mass is 308 g/mol. The summed E-state index contributed by atoms with van der Waals surface area (Å²) in [5.74, 6) is 0.815. The number of hydrogen-bond donors (Lipinski definition) is 1. The van der Waals surface area contributed by atoms with Gasteiger partial charge in [-0.15, -0.1) is 0 Å². The molecule has 4 heteroatoms. The molecule has 0 aromatic heterocycles. The Bertz CT molecular complexity index is 419. The van der Waals surface area contributed by atoms with Gasteiger partial charge in [0, 0.05) is 38.0 Å². The van der Waals surface area contributed by atoms with Crippen LogP contribution in [0.15, 0.2) is 0 Å². The second-order valence-electron chi connectivity index (χ2n) is 8.09. The average Bonchev–Trinajstić information content (AvgIpc) is 2.96. The Morgan fingerprint density at radius 3 is 2.59 bits per heavy atom. The molecular formula is C18H32N2O2. The standard InChI is InChI=1S/C18H32N2O2/c1-3-15-6-10-20(16(21)12-15)14-18(22)9-11-19(2)13-17(18)7-4-5-8-17/h15,22H,3-14H2,1-2H3. The smallest absolute Gasteiger partial charge is 0.222 e. The van der Waals surface area contributed by atoms with Crippen LogP contribution in [0, 0.1) is 11.3 Å². The molecule has 2 heterocycles. The lowest BCUT2D eigenvalue weighted by Crippen LogP contribution is -2.63. The summed E-state index contributed by atoms with van der Waals surface area (Å²) in [5, 5.41) is 11.5. The van der Waals surface area contributed by atoms with Gasteiger partial charge in [0.05, 0.1) is 5.60 Å². The van der Waals surface area contributed by atoms with E-state index in [2.05, 4.69) is 18.9 Å². The molecule has 4 nitrogen and oxygen atoms in total. The molecule has 0 aromatic carbocycles. The number of piperidine rings is 2. The lowest BCUT2D eigenvalue weighted by molar-refractivity contribution is -0.160. The van der Waals surface area contributed by atoms with E-state index in [0.717, 1.165) is 51.7 Å². The van der Waals surface area contributed by atoms with E-state index in [1.807, 2.05) is 4.90 Å². The summed E-state index contributed by atoms with van der Waals surface area (Å²) < 4.78 is 0. The summed E-state index contributed by atoms with van der Waals surface area (Å²) in [6.45, 7) is 5.51.